The summed E-state index contributed by atoms with van der Waals surface area (Å²) in [5.41, 5.74) is 0.950. The number of rotatable bonds is 7. The van der Waals surface area contributed by atoms with Gasteiger partial charge >= 0.3 is 5.97 Å². The lowest BCUT2D eigenvalue weighted by Gasteiger charge is -2.24. The molecule has 1 aromatic carbocycles. The number of aliphatic carboxylic acids is 1. The zero-order valence-corrected chi connectivity index (χ0v) is 12.1. The van der Waals surface area contributed by atoms with Crippen LogP contribution in [0.25, 0.3) is 0 Å². The molecule has 0 aliphatic carbocycles. The Balaban J connectivity index is 2.87. The van der Waals surface area contributed by atoms with E-state index in [1.165, 1.54) is 12.1 Å². The highest BCUT2D eigenvalue weighted by Crippen LogP contribution is 2.21. The monoisotopic (exact) mass is 283 g/mol. The van der Waals surface area contributed by atoms with Gasteiger partial charge in [-0.05, 0) is 36.6 Å². The molecule has 2 unspecified atom stereocenters. The third kappa shape index (κ3) is 4.90. The van der Waals surface area contributed by atoms with E-state index in [1.54, 1.807) is 13.0 Å². The second-order valence-corrected chi connectivity index (χ2v) is 5.46. The Bertz CT molecular complexity index is 462. The van der Waals surface area contributed by atoms with Crippen LogP contribution >= 0.6 is 0 Å². The molecular formula is C15H22FNO3. The number of carboxylic acid groups (broad SMARTS) is 1. The first-order chi connectivity index (χ1) is 9.31. The molecule has 0 fully saturated rings. The van der Waals surface area contributed by atoms with Crippen molar-refractivity contribution in [2.45, 2.75) is 39.3 Å². The highest BCUT2D eigenvalue weighted by molar-refractivity contribution is 5.67. The summed E-state index contributed by atoms with van der Waals surface area (Å²) in [7, 11) is 0. The van der Waals surface area contributed by atoms with Gasteiger partial charge in [0.1, 0.15) is 5.82 Å². The lowest BCUT2D eigenvalue weighted by atomic mass is 9.97. The number of nitrogens with one attached hydrogen (secondary N) is 1. The van der Waals surface area contributed by atoms with Crippen LogP contribution in [0.3, 0.4) is 0 Å². The first-order valence-corrected chi connectivity index (χ1v) is 6.70. The van der Waals surface area contributed by atoms with Gasteiger partial charge in [-0.1, -0.05) is 26.0 Å². The van der Waals surface area contributed by atoms with Gasteiger partial charge in [0.15, 0.2) is 0 Å². The predicted octanol–water partition coefficient (Wildman–Crippen LogP) is 2.26. The molecule has 20 heavy (non-hydrogen) atoms. The molecule has 1 rings (SSSR count). The van der Waals surface area contributed by atoms with Crippen LogP contribution in [0.2, 0.25) is 0 Å². The minimum absolute atomic E-state index is 0.190. The second kappa shape index (κ2) is 7.36. The van der Waals surface area contributed by atoms with Gasteiger partial charge in [-0.15, -0.1) is 0 Å². The van der Waals surface area contributed by atoms with E-state index < -0.39 is 18.1 Å². The third-order valence-corrected chi connectivity index (χ3v) is 3.09. The van der Waals surface area contributed by atoms with Crippen molar-refractivity contribution in [2.75, 3.05) is 6.54 Å². The van der Waals surface area contributed by atoms with E-state index in [4.69, 9.17) is 5.11 Å². The highest BCUT2D eigenvalue weighted by atomic mass is 19.1. The van der Waals surface area contributed by atoms with Gasteiger partial charge in [-0.25, -0.2) is 4.39 Å². The molecule has 0 saturated heterocycles. The summed E-state index contributed by atoms with van der Waals surface area (Å²) in [4.78, 5) is 10.9. The fourth-order valence-corrected chi connectivity index (χ4v) is 1.95. The predicted molar refractivity (Wildman–Crippen MR) is 75.0 cm³/mol. The van der Waals surface area contributed by atoms with E-state index in [0.717, 1.165) is 0 Å². The summed E-state index contributed by atoms with van der Waals surface area (Å²) in [6.07, 6.45) is -1.17. The van der Waals surface area contributed by atoms with Gasteiger partial charge in [-0.2, -0.15) is 0 Å². The van der Waals surface area contributed by atoms with Gasteiger partial charge < -0.3 is 15.5 Å². The van der Waals surface area contributed by atoms with Crippen molar-refractivity contribution in [2.24, 2.45) is 5.92 Å². The molecule has 0 spiro atoms. The molecule has 0 aromatic heterocycles. The van der Waals surface area contributed by atoms with Crippen LogP contribution in [-0.2, 0) is 4.79 Å². The van der Waals surface area contributed by atoms with E-state index in [0.29, 0.717) is 23.6 Å². The summed E-state index contributed by atoms with van der Waals surface area (Å²) in [5, 5.41) is 22.3. The first kappa shape index (κ1) is 16.6. The number of aliphatic hydroxyl groups is 1. The maximum Gasteiger partial charge on any atom is 0.305 e. The number of hydrogen-bond acceptors (Lipinski definition) is 3. The average molecular weight is 283 g/mol. The molecule has 112 valence electrons. The lowest BCUT2D eigenvalue weighted by molar-refractivity contribution is -0.138. The van der Waals surface area contributed by atoms with E-state index in [1.807, 2.05) is 13.8 Å². The van der Waals surface area contributed by atoms with Crippen LogP contribution in [-0.4, -0.2) is 28.8 Å². The summed E-state index contributed by atoms with van der Waals surface area (Å²) in [6, 6.07) is 3.72. The Hall–Kier alpha value is -1.46. The second-order valence-electron chi connectivity index (χ2n) is 5.46. The van der Waals surface area contributed by atoms with Crippen LogP contribution in [0.1, 0.15) is 37.5 Å². The van der Waals surface area contributed by atoms with Crippen LogP contribution in [0.4, 0.5) is 4.39 Å². The number of halogens is 1. The van der Waals surface area contributed by atoms with Crippen molar-refractivity contribution in [3.05, 3.63) is 35.1 Å². The largest absolute Gasteiger partial charge is 0.481 e. The Morgan fingerprint density at radius 1 is 1.40 bits per heavy atom. The number of aliphatic hydroxyl groups excluding tert-OH is 1. The zero-order valence-electron chi connectivity index (χ0n) is 12.1. The molecule has 0 amide bonds. The van der Waals surface area contributed by atoms with Gasteiger partial charge in [0.2, 0.25) is 0 Å². The summed E-state index contributed by atoms with van der Waals surface area (Å²) >= 11 is 0. The molecule has 0 heterocycles. The topological polar surface area (TPSA) is 69.6 Å². The van der Waals surface area contributed by atoms with Gasteiger partial charge in [-0.3, -0.25) is 4.79 Å². The van der Waals surface area contributed by atoms with Gasteiger partial charge in [0, 0.05) is 6.04 Å². The summed E-state index contributed by atoms with van der Waals surface area (Å²) < 4.78 is 13.2. The average Bonchev–Trinajstić information content (AvgIpc) is 2.36. The maximum absolute atomic E-state index is 13.2. The minimum Gasteiger partial charge on any atom is -0.481 e. The van der Waals surface area contributed by atoms with Crippen molar-refractivity contribution in [3.63, 3.8) is 0 Å². The Morgan fingerprint density at radius 3 is 2.55 bits per heavy atom. The first-order valence-electron chi connectivity index (χ1n) is 6.70. The standard InChI is InChI=1S/C15H22FNO3/c1-9(2)8-17-13(7-14(18)19)15(20)11-4-5-12(16)10(3)6-11/h4-6,9,13,15,17,20H,7-8H2,1-3H3,(H,18,19). The number of benzene rings is 1. The van der Waals surface area contributed by atoms with Crippen molar-refractivity contribution < 1.29 is 19.4 Å². The number of hydrogen-bond donors (Lipinski definition) is 3. The maximum atomic E-state index is 13.2. The number of aryl methyl sites for hydroxylation is 1. The molecule has 4 nitrogen and oxygen atoms in total. The molecule has 0 aliphatic heterocycles. The van der Waals surface area contributed by atoms with Crippen LogP contribution in [0.15, 0.2) is 18.2 Å². The fourth-order valence-electron chi connectivity index (χ4n) is 1.95. The lowest BCUT2D eigenvalue weighted by Crippen LogP contribution is -2.39. The van der Waals surface area contributed by atoms with Gasteiger partial charge in [0.05, 0.1) is 12.5 Å². The van der Waals surface area contributed by atoms with Crippen LogP contribution in [0, 0.1) is 18.7 Å². The molecule has 0 bridgehead atoms. The molecule has 3 N–H and O–H groups in total. The smallest absolute Gasteiger partial charge is 0.305 e. The summed E-state index contributed by atoms with van der Waals surface area (Å²) in [5.74, 6) is -0.983. The van der Waals surface area contributed by atoms with Crippen LogP contribution < -0.4 is 5.32 Å². The SMILES string of the molecule is Cc1cc(C(O)C(CC(=O)O)NCC(C)C)ccc1F. The van der Waals surface area contributed by atoms with Crippen molar-refractivity contribution in [1.82, 2.24) is 5.32 Å². The molecule has 0 aliphatic rings. The number of carbonyl (C=O) groups is 1. The molecular weight excluding hydrogens is 261 g/mol. The normalized spacial score (nSPS) is 14.3. The molecule has 0 saturated carbocycles. The number of carboxylic acids is 1. The van der Waals surface area contributed by atoms with Crippen molar-refractivity contribution in [3.8, 4) is 0 Å². The fraction of sp³-hybridized carbons (Fsp3) is 0.533. The highest BCUT2D eigenvalue weighted by Gasteiger charge is 2.23. The third-order valence-electron chi connectivity index (χ3n) is 3.09. The molecule has 0 radical (unpaired) electrons. The Morgan fingerprint density at radius 2 is 2.05 bits per heavy atom. The van der Waals surface area contributed by atoms with Gasteiger partial charge in [0.25, 0.3) is 0 Å². The van der Waals surface area contributed by atoms with E-state index >= 15 is 0 Å². The molecule has 2 atom stereocenters. The Labute approximate surface area is 118 Å². The van der Waals surface area contributed by atoms with E-state index in [-0.39, 0.29) is 12.2 Å². The Kier molecular flexibility index (Phi) is 6.10. The van der Waals surface area contributed by atoms with Crippen molar-refractivity contribution >= 4 is 5.97 Å². The molecule has 5 heteroatoms. The van der Waals surface area contributed by atoms with Crippen LogP contribution in [0.5, 0.6) is 0 Å². The van der Waals surface area contributed by atoms with Crippen molar-refractivity contribution in [1.29, 1.82) is 0 Å². The molecule has 1 aromatic rings. The zero-order chi connectivity index (χ0) is 15.3. The quantitative estimate of drug-likeness (QED) is 0.718. The summed E-state index contributed by atoms with van der Waals surface area (Å²) in [6.45, 7) is 6.22. The van der Waals surface area contributed by atoms with E-state index in [2.05, 4.69) is 5.32 Å². The minimum atomic E-state index is -0.982. The van der Waals surface area contributed by atoms with E-state index in [9.17, 15) is 14.3 Å².